The van der Waals surface area contributed by atoms with E-state index in [-0.39, 0.29) is 17.0 Å². The molecule has 0 atom stereocenters. The van der Waals surface area contributed by atoms with Gasteiger partial charge in [0, 0.05) is 5.38 Å². The molecule has 0 aliphatic carbocycles. The van der Waals surface area contributed by atoms with Gasteiger partial charge >= 0.3 is 0 Å². The van der Waals surface area contributed by atoms with Gasteiger partial charge < -0.3 is 0 Å². The van der Waals surface area contributed by atoms with Crippen LogP contribution in [0.3, 0.4) is 0 Å². The Morgan fingerprint density at radius 3 is 2.65 bits per heavy atom. The number of sulfonamides is 1. The van der Waals surface area contributed by atoms with Gasteiger partial charge in [0.15, 0.2) is 5.52 Å². The van der Waals surface area contributed by atoms with Crippen molar-refractivity contribution in [2.24, 2.45) is 0 Å². The van der Waals surface area contributed by atoms with Gasteiger partial charge in [0.1, 0.15) is 15.4 Å². The molecule has 0 amide bonds. The van der Waals surface area contributed by atoms with Crippen LogP contribution in [0.15, 0.2) is 21.0 Å². The van der Waals surface area contributed by atoms with E-state index in [0.717, 1.165) is 22.7 Å². The van der Waals surface area contributed by atoms with Gasteiger partial charge in [-0.1, -0.05) is 13.0 Å². The summed E-state index contributed by atoms with van der Waals surface area (Å²) in [7, 11) is -3.75. The highest BCUT2D eigenvalue weighted by molar-refractivity contribution is 7.89. The zero-order chi connectivity index (χ0) is 16.6. The highest BCUT2D eigenvalue weighted by Gasteiger charge is 2.24. The van der Waals surface area contributed by atoms with E-state index in [4.69, 9.17) is 4.63 Å². The van der Waals surface area contributed by atoms with Gasteiger partial charge in [0.2, 0.25) is 10.0 Å². The van der Waals surface area contributed by atoms with Gasteiger partial charge in [-0.3, -0.25) is 0 Å². The third kappa shape index (κ3) is 2.99. The molecular weight excluding hydrogens is 336 g/mol. The predicted molar refractivity (Wildman–Crippen MR) is 86.8 cm³/mol. The van der Waals surface area contributed by atoms with Crippen LogP contribution >= 0.6 is 11.3 Å². The molecular formula is C14H16N4O3S2. The zero-order valence-electron chi connectivity index (χ0n) is 13.0. The maximum Gasteiger partial charge on any atom is 0.243 e. The first kappa shape index (κ1) is 16.0. The quantitative estimate of drug-likeness (QED) is 0.757. The summed E-state index contributed by atoms with van der Waals surface area (Å²) in [5.41, 5.74) is 3.09. The first-order chi connectivity index (χ1) is 10.9. The Balaban J connectivity index is 1.95. The molecule has 0 saturated carbocycles. The summed E-state index contributed by atoms with van der Waals surface area (Å²) < 4.78 is 32.7. The molecule has 1 N–H and O–H groups in total. The van der Waals surface area contributed by atoms with Crippen molar-refractivity contribution in [3.63, 3.8) is 0 Å². The van der Waals surface area contributed by atoms with Crippen LogP contribution in [-0.2, 0) is 23.0 Å². The molecule has 3 aromatic rings. The SMILES string of the molecule is CCc1csc(CNS(=O)(=O)c2c(C)cc(C)c3nonc23)n1. The lowest BCUT2D eigenvalue weighted by atomic mass is 10.1. The summed E-state index contributed by atoms with van der Waals surface area (Å²) >= 11 is 1.44. The monoisotopic (exact) mass is 352 g/mol. The number of benzene rings is 1. The fraction of sp³-hybridized carbons (Fsp3) is 0.357. The van der Waals surface area contributed by atoms with E-state index < -0.39 is 10.0 Å². The summed E-state index contributed by atoms with van der Waals surface area (Å²) in [6.07, 6.45) is 0.825. The van der Waals surface area contributed by atoms with Crippen LogP contribution in [0, 0.1) is 13.8 Å². The van der Waals surface area contributed by atoms with Crippen LogP contribution < -0.4 is 4.72 Å². The molecule has 0 aliphatic heterocycles. The van der Waals surface area contributed by atoms with Crippen molar-refractivity contribution in [3.8, 4) is 0 Å². The third-order valence-corrected chi connectivity index (χ3v) is 5.99. The van der Waals surface area contributed by atoms with Gasteiger partial charge in [-0.05, 0) is 41.7 Å². The Bertz CT molecular complexity index is 960. The van der Waals surface area contributed by atoms with E-state index in [0.29, 0.717) is 11.1 Å². The Hall–Kier alpha value is -1.84. The van der Waals surface area contributed by atoms with E-state index >= 15 is 0 Å². The molecule has 2 heterocycles. The number of nitrogens with one attached hydrogen (secondary N) is 1. The van der Waals surface area contributed by atoms with Crippen molar-refractivity contribution in [1.29, 1.82) is 0 Å². The molecule has 0 unspecified atom stereocenters. The molecule has 1 aromatic carbocycles. The van der Waals surface area contributed by atoms with E-state index in [1.165, 1.54) is 11.3 Å². The highest BCUT2D eigenvalue weighted by Crippen LogP contribution is 2.27. The standard InChI is InChI=1S/C14H16N4O3S2/c1-4-10-7-22-11(16-10)6-15-23(19,20)14-9(3)5-8(2)12-13(14)18-21-17-12/h5,7,15H,4,6H2,1-3H3. The number of rotatable bonds is 5. The molecule has 0 spiro atoms. The smallest absolute Gasteiger partial charge is 0.243 e. The Morgan fingerprint density at radius 2 is 1.96 bits per heavy atom. The fourth-order valence-corrected chi connectivity index (χ4v) is 4.65. The number of nitrogens with zero attached hydrogens (tertiary/aromatic N) is 3. The highest BCUT2D eigenvalue weighted by atomic mass is 32.2. The summed E-state index contributed by atoms with van der Waals surface area (Å²) in [4.78, 5) is 4.46. The van der Waals surface area contributed by atoms with Crippen molar-refractivity contribution in [2.75, 3.05) is 0 Å². The number of fused-ring (bicyclic) bond motifs is 1. The van der Waals surface area contributed by atoms with Crippen LogP contribution in [0.4, 0.5) is 0 Å². The van der Waals surface area contributed by atoms with Gasteiger partial charge in [-0.2, -0.15) is 0 Å². The van der Waals surface area contributed by atoms with Crippen LogP contribution in [0.1, 0.15) is 28.8 Å². The maximum absolute atomic E-state index is 12.7. The third-order valence-electron chi connectivity index (χ3n) is 3.51. The summed E-state index contributed by atoms with van der Waals surface area (Å²) in [5.74, 6) is 0. The Labute approximate surface area is 137 Å². The lowest BCUT2D eigenvalue weighted by Gasteiger charge is -2.09. The summed E-state index contributed by atoms with van der Waals surface area (Å²) in [6.45, 7) is 5.72. The van der Waals surface area contributed by atoms with E-state index in [2.05, 4.69) is 20.0 Å². The van der Waals surface area contributed by atoms with Crippen LogP contribution in [-0.4, -0.2) is 23.7 Å². The largest absolute Gasteiger partial charge is 0.245 e. The number of thiazole rings is 1. The van der Waals surface area contributed by atoms with Gasteiger partial charge in [-0.15, -0.1) is 11.3 Å². The molecule has 2 aromatic heterocycles. The molecule has 0 radical (unpaired) electrons. The van der Waals surface area contributed by atoms with Crippen molar-refractivity contribution in [2.45, 2.75) is 38.6 Å². The van der Waals surface area contributed by atoms with E-state index in [9.17, 15) is 8.42 Å². The zero-order valence-corrected chi connectivity index (χ0v) is 14.6. The van der Waals surface area contributed by atoms with Gasteiger partial charge in [-0.25, -0.2) is 22.8 Å². The topological polar surface area (TPSA) is 98.0 Å². The average Bonchev–Trinajstić information content (AvgIpc) is 3.13. The maximum atomic E-state index is 12.7. The van der Waals surface area contributed by atoms with E-state index in [1.54, 1.807) is 13.0 Å². The van der Waals surface area contributed by atoms with Crippen LogP contribution in [0.25, 0.3) is 11.0 Å². The summed E-state index contributed by atoms with van der Waals surface area (Å²) in [5, 5.41) is 10.2. The second-order valence-corrected chi connectivity index (χ2v) is 7.86. The van der Waals surface area contributed by atoms with Gasteiger partial charge in [0.25, 0.3) is 0 Å². The summed E-state index contributed by atoms with van der Waals surface area (Å²) in [6, 6.07) is 1.76. The Morgan fingerprint density at radius 1 is 1.22 bits per heavy atom. The number of hydrogen-bond acceptors (Lipinski definition) is 7. The second-order valence-electron chi connectivity index (χ2n) is 5.21. The average molecular weight is 352 g/mol. The predicted octanol–water partition coefficient (Wildman–Crippen LogP) is 2.34. The molecule has 0 saturated heterocycles. The van der Waals surface area contributed by atoms with Gasteiger partial charge in [0.05, 0.1) is 12.2 Å². The van der Waals surface area contributed by atoms with Crippen molar-refractivity contribution < 1.29 is 13.0 Å². The normalized spacial score (nSPS) is 12.1. The van der Waals surface area contributed by atoms with Crippen molar-refractivity contribution in [3.05, 3.63) is 33.3 Å². The number of aryl methyl sites for hydroxylation is 3. The minimum absolute atomic E-state index is 0.103. The second kappa shape index (κ2) is 5.99. The molecule has 0 bridgehead atoms. The van der Waals surface area contributed by atoms with Crippen molar-refractivity contribution >= 4 is 32.4 Å². The lowest BCUT2D eigenvalue weighted by Crippen LogP contribution is -2.24. The first-order valence-corrected chi connectivity index (χ1v) is 9.44. The first-order valence-electron chi connectivity index (χ1n) is 7.07. The Kier molecular flexibility index (Phi) is 4.17. The van der Waals surface area contributed by atoms with Crippen LogP contribution in [0.2, 0.25) is 0 Å². The molecule has 23 heavy (non-hydrogen) atoms. The minimum Gasteiger partial charge on any atom is -0.245 e. The number of aromatic nitrogens is 3. The minimum atomic E-state index is -3.75. The van der Waals surface area contributed by atoms with Crippen molar-refractivity contribution in [1.82, 2.24) is 20.0 Å². The lowest BCUT2D eigenvalue weighted by molar-refractivity contribution is 0.315. The number of hydrogen-bond donors (Lipinski definition) is 1. The molecule has 7 nitrogen and oxygen atoms in total. The van der Waals surface area contributed by atoms with Crippen LogP contribution in [0.5, 0.6) is 0 Å². The molecule has 0 fully saturated rings. The molecule has 9 heteroatoms. The fourth-order valence-electron chi connectivity index (χ4n) is 2.40. The molecule has 122 valence electrons. The van der Waals surface area contributed by atoms with E-state index in [1.807, 2.05) is 19.2 Å². The molecule has 3 rings (SSSR count). The molecule has 0 aliphatic rings.